The van der Waals surface area contributed by atoms with Crippen LogP contribution in [-0.2, 0) is 10.1 Å². The topological polar surface area (TPSA) is 89.6 Å². The Morgan fingerprint density at radius 3 is 2.57 bits per heavy atom. The molecule has 0 saturated carbocycles. The molecule has 6 heteroatoms. The lowest BCUT2D eigenvalue weighted by Crippen LogP contribution is -2.01. The van der Waals surface area contributed by atoms with E-state index in [0.717, 1.165) is 6.07 Å². The maximum atomic E-state index is 10.7. The second-order valence-corrected chi connectivity index (χ2v) is 4.03. The van der Waals surface area contributed by atoms with E-state index in [4.69, 9.17) is 15.0 Å². The van der Waals surface area contributed by atoms with Gasteiger partial charge in [-0.25, -0.2) is 0 Å². The van der Waals surface area contributed by atoms with Crippen LogP contribution in [0.15, 0.2) is 23.1 Å². The van der Waals surface area contributed by atoms with Crippen LogP contribution in [0.4, 0.5) is 5.69 Å². The van der Waals surface area contributed by atoms with Crippen molar-refractivity contribution in [3.63, 3.8) is 0 Å². The molecule has 0 aliphatic carbocycles. The van der Waals surface area contributed by atoms with Crippen molar-refractivity contribution in [1.29, 1.82) is 0 Å². The normalized spacial score (nSPS) is 11.3. The van der Waals surface area contributed by atoms with Gasteiger partial charge in [-0.05, 0) is 25.1 Å². The van der Waals surface area contributed by atoms with Crippen molar-refractivity contribution >= 4 is 15.8 Å². The first kappa shape index (κ1) is 10.8. The first-order chi connectivity index (χ1) is 6.45. The summed E-state index contributed by atoms with van der Waals surface area (Å²) in [6.07, 6.45) is 0. The van der Waals surface area contributed by atoms with E-state index in [1.807, 2.05) is 0 Å². The Morgan fingerprint density at radius 1 is 1.50 bits per heavy atom. The van der Waals surface area contributed by atoms with Gasteiger partial charge in [-0.3, -0.25) is 4.55 Å². The average molecular weight is 217 g/mol. The number of hydrogen-bond donors (Lipinski definition) is 2. The Morgan fingerprint density at radius 2 is 2.14 bits per heavy atom. The SMILES string of the molecule is CCOc1ccc(S(=O)(=O)O)cc1N. The Bertz CT molecular complexity index is 427. The monoisotopic (exact) mass is 217 g/mol. The minimum atomic E-state index is -4.19. The molecule has 5 nitrogen and oxygen atoms in total. The molecule has 0 atom stereocenters. The quantitative estimate of drug-likeness (QED) is 0.580. The molecule has 1 aromatic rings. The maximum Gasteiger partial charge on any atom is 0.294 e. The second kappa shape index (κ2) is 3.85. The summed E-state index contributed by atoms with van der Waals surface area (Å²) < 4.78 is 35.2. The number of anilines is 1. The molecule has 78 valence electrons. The standard InChI is InChI=1S/C8H11NO4S/c1-2-13-8-4-3-6(5-7(8)9)14(10,11)12/h3-5H,2,9H2,1H3,(H,10,11,12). The van der Waals surface area contributed by atoms with Crippen molar-refractivity contribution in [3.05, 3.63) is 18.2 Å². The summed E-state index contributed by atoms with van der Waals surface area (Å²) in [5.41, 5.74) is 5.69. The fourth-order valence-electron chi connectivity index (χ4n) is 0.974. The highest BCUT2D eigenvalue weighted by Crippen LogP contribution is 2.24. The third-order valence-corrected chi connectivity index (χ3v) is 2.43. The highest BCUT2D eigenvalue weighted by molar-refractivity contribution is 7.85. The van der Waals surface area contributed by atoms with Gasteiger partial charge in [0.25, 0.3) is 10.1 Å². The molecular weight excluding hydrogens is 206 g/mol. The molecule has 0 aliphatic rings. The number of nitrogen functional groups attached to an aromatic ring is 1. The van der Waals surface area contributed by atoms with Gasteiger partial charge >= 0.3 is 0 Å². The average Bonchev–Trinajstić information content (AvgIpc) is 2.07. The number of nitrogens with two attached hydrogens (primary N) is 1. The summed E-state index contributed by atoms with van der Waals surface area (Å²) >= 11 is 0. The molecule has 1 rings (SSSR count). The van der Waals surface area contributed by atoms with Crippen LogP contribution in [-0.4, -0.2) is 19.6 Å². The summed E-state index contributed by atoms with van der Waals surface area (Å²) in [5, 5.41) is 0. The molecule has 0 unspecified atom stereocenters. The number of rotatable bonds is 3. The Hall–Kier alpha value is -1.27. The Balaban J connectivity index is 3.13. The number of ether oxygens (including phenoxy) is 1. The van der Waals surface area contributed by atoms with Crippen LogP contribution in [0, 0.1) is 0 Å². The third kappa shape index (κ3) is 2.36. The summed E-state index contributed by atoms with van der Waals surface area (Å²) in [4.78, 5) is -0.238. The molecule has 0 spiro atoms. The summed E-state index contributed by atoms with van der Waals surface area (Å²) in [6.45, 7) is 2.23. The molecular formula is C8H11NO4S. The molecule has 0 saturated heterocycles. The van der Waals surface area contributed by atoms with Crippen molar-refractivity contribution in [2.24, 2.45) is 0 Å². The van der Waals surface area contributed by atoms with Gasteiger partial charge in [0.15, 0.2) is 0 Å². The molecule has 0 heterocycles. The molecule has 0 aliphatic heterocycles. The van der Waals surface area contributed by atoms with Crippen molar-refractivity contribution in [2.75, 3.05) is 12.3 Å². The van der Waals surface area contributed by atoms with E-state index in [1.54, 1.807) is 6.92 Å². The zero-order chi connectivity index (χ0) is 10.8. The molecule has 0 radical (unpaired) electrons. The zero-order valence-electron chi connectivity index (χ0n) is 7.60. The van der Waals surface area contributed by atoms with Crippen LogP contribution in [0.3, 0.4) is 0 Å². The van der Waals surface area contributed by atoms with E-state index >= 15 is 0 Å². The summed E-state index contributed by atoms with van der Waals surface area (Å²) in [5.74, 6) is 0.403. The van der Waals surface area contributed by atoms with E-state index in [0.29, 0.717) is 12.4 Å². The second-order valence-electron chi connectivity index (χ2n) is 2.61. The van der Waals surface area contributed by atoms with E-state index < -0.39 is 10.1 Å². The minimum absolute atomic E-state index is 0.182. The molecule has 0 aromatic heterocycles. The van der Waals surface area contributed by atoms with E-state index in [1.165, 1.54) is 12.1 Å². The Kier molecular flexibility index (Phi) is 2.97. The zero-order valence-corrected chi connectivity index (χ0v) is 8.41. The van der Waals surface area contributed by atoms with Crippen molar-refractivity contribution < 1.29 is 17.7 Å². The van der Waals surface area contributed by atoms with E-state index in [9.17, 15) is 8.42 Å². The fraction of sp³-hybridized carbons (Fsp3) is 0.250. The van der Waals surface area contributed by atoms with Crippen molar-refractivity contribution in [2.45, 2.75) is 11.8 Å². The number of benzene rings is 1. The van der Waals surface area contributed by atoms with Crippen molar-refractivity contribution in [1.82, 2.24) is 0 Å². The van der Waals surface area contributed by atoms with Crippen LogP contribution in [0.5, 0.6) is 5.75 Å². The molecule has 1 aromatic carbocycles. The summed E-state index contributed by atoms with van der Waals surface area (Å²) in [6, 6.07) is 3.79. The van der Waals surface area contributed by atoms with Crippen LogP contribution < -0.4 is 10.5 Å². The minimum Gasteiger partial charge on any atom is -0.492 e. The molecule has 3 N–H and O–H groups in total. The lowest BCUT2D eigenvalue weighted by Gasteiger charge is -2.07. The van der Waals surface area contributed by atoms with Crippen LogP contribution in [0.1, 0.15) is 6.92 Å². The maximum absolute atomic E-state index is 10.7. The predicted molar refractivity (Wildman–Crippen MR) is 51.8 cm³/mol. The van der Waals surface area contributed by atoms with Gasteiger partial charge in [-0.2, -0.15) is 8.42 Å². The molecule has 0 bridgehead atoms. The van der Waals surface area contributed by atoms with E-state index in [-0.39, 0.29) is 10.6 Å². The smallest absolute Gasteiger partial charge is 0.294 e. The van der Waals surface area contributed by atoms with Gasteiger partial charge in [0.2, 0.25) is 0 Å². The first-order valence-corrected chi connectivity index (χ1v) is 5.39. The highest BCUT2D eigenvalue weighted by atomic mass is 32.2. The molecule has 0 fully saturated rings. The van der Waals surface area contributed by atoms with Gasteiger partial charge in [-0.1, -0.05) is 0 Å². The largest absolute Gasteiger partial charge is 0.492 e. The lowest BCUT2D eigenvalue weighted by atomic mass is 10.3. The molecule has 14 heavy (non-hydrogen) atoms. The van der Waals surface area contributed by atoms with Gasteiger partial charge in [0.05, 0.1) is 17.2 Å². The fourth-order valence-corrected chi connectivity index (χ4v) is 1.49. The van der Waals surface area contributed by atoms with Crippen LogP contribution in [0.2, 0.25) is 0 Å². The van der Waals surface area contributed by atoms with Gasteiger partial charge < -0.3 is 10.5 Å². The Labute approximate surface area is 82.2 Å². The van der Waals surface area contributed by atoms with Gasteiger partial charge in [-0.15, -0.1) is 0 Å². The molecule has 0 amide bonds. The van der Waals surface area contributed by atoms with E-state index in [2.05, 4.69) is 0 Å². The van der Waals surface area contributed by atoms with Crippen LogP contribution >= 0.6 is 0 Å². The van der Waals surface area contributed by atoms with Gasteiger partial charge in [0.1, 0.15) is 5.75 Å². The lowest BCUT2D eigenvalue weighted by molar-refractivity contribution is 0.342. The first-order valence-electron chi connectivity index (χ1n) is 3.95. The van der Waals surface area contributed by atoms with Crippen LogP contribution in [0.25, 0.3) is 0 Å². The van der Waals surface area contributed by atoms with Crippen molar-refractivity contribution in [3.8, 4) is 5.75 Å². The summed E-state index contributed by atoms with van der Waals surface area (Å²) in [7, 11) is -4.19. The highest BCUT2D eigenvalue weighted by Gasteiger charge is 2.11. The predicted octanol–water partition coefficient (Wildman–Crippen LogP) is 0.914. The van der Waals surface area contributed by atoms with Gasteiger partial charge in [0, 0.05) is 0 Å². The third-order valence-electron chi connectivity index (χ3n) is 1.58. The number of hydrogen-bond acceptors (Lipinski definition) is 4.